The molecule has 2 aliphatic rings. The van der Waals surface area contributed by atoms with Gasteiger partial charge in [-0.15, -0.1) is 0 Å². The Balaban J connectivity index is 1.48. The molecule has 0 spiro atoms. The Morgan fingerprint density at radius 3 is 2.37 bits per heavy atom. The van der Waals surface area contributed by atoms with Crippen molar-refractivity contribution in [3.05, 3.63) is 59.7 Å². The Hall–Kier alpha value is -2.29. The Morgan fingerprint density at radius 2 is 1.70 bits per heavy atom. The van der Waals surface area contributed by atoms with Crippen molar-refractivity contribution in [1.29, 1.82) is 0 Å². The van der Waals surface area contributed by atoms with Gasteiger partial charge in [-0.25, -0.2) is 0 Å². The summed E-state index contributed by atoms with van der Waals surface area (Å²) in [5, 5.41) is 3.17. The number of amides is 1. The zero-order valence-electron chi connectivity index (χ0n) is 16.2. The molecular formula is C24H29NO2. The number of rotatable bonds is 5. The van der Waals surface area contributed by atoms with E-state index in [1.807, 2.05) is 24.3 Å². The molecule has 2 fully saturated rings. The Bertz CT molecular complexity index is 784. The number of carbonyl (C=O) groups excluding carboxylic acids is 1. The van der Waals surface area contributed by atoms with Gasteiger partial charge in [0.2, 0.25) is 5.91 Å². The van der Waals surface area contributed by atoms with Crippen LogP contribution in [0, 0.1) is 6.92 Å². The Kier molecular flexibility index (Phi) is 5.20. The second-order valence-corrected chi connectivity index (χ2v) is 8.16. The second kappa shape index (κ2) is 7.75. The van der Waals surface area contributed by atoms with Gasteiger partial charge in [0.15, 0.2) is 0 Å². The van der Waals surface area contributed by atoms with Crippen LogP contribution in [0.3, 0.4) is 0 Å². The third kappa shape index (κ3) is 3.87. The van der Waals surface area contributed by atoms with Gasteiger partial charge < -0.3 is 10.1 Å². The summed E-state index contributed by atoms with van der Waals surface area (Å²) in [7, 11) is 0. The minimum absolute atomic E-state index is 0.120. The lowest BCUT2D eigenvalue weighted by Gasteiger charge is -2.28. The van der Waals surface area contributed by atoms with E-state index in [0.717, 1.165) is 55.5 Å². The molecule has 2 saturated carbocycles. The third-order valence-corrected chi connectivity index (χ3v) is 6.18. The standard InChI is InChI=1S/C24H29NO2/c1-18-7-6-8-19(17-18)24(15-4-5-16-24)23(26)25-20-11-13-22(14-12-20)27-21-9-2-3-10-21/h6-8,11-14,17,21H,2-5,9-10,15-16H2,1H3,(H,25,26). The van der Waals surface area contributed by atoms with Crippen LogP contribution in [0.25, 0.3) is 0 Å². The van der Waals surface area contributed by atoms with Crippen molar-refractivity contribution < 1.29 is 9.53 Å². The summed E-state index contributed by atoms with van der Waals surface area (Å²) >= 11 is 0. The molecule has 3 nitrogen and oxygen atoms in total. The lowest BCUT2D eigenvalue weighted by molar-refractivity contribution is -0.121. The minimum Gasteiger partial charge on any atom is -0.490 e. The number of hydrogen-bond donors (Lipinski definition) is 1. The van der Waals surface area contributed by atoms with E-state index < -0.39 is 5.41 Å². The molecule has 4 rings (SSSR count). The van der Waals surface area contributed by atoms with Crippen molar-refractivity contribution >= 4 is 11.6 Å². The molecule has 1 amide bonds. The van der Waals surface area contributed by atoms with Crippen molar-refractivity contribution in [2.24, 2.45) is 0 Å². The molecule has 2 aliphatic carbocycles. The molecule has 0 unspecified atom stereocenters. The normalized spacial score (nSPS) is 19.1. The first-order valence-electron chi connectivity index (χ1n) is 10.3. The van der Waals surface area contributed by atoms with Gasteiger partial charge in [-0.05, 0) is 75.3 Å². The maximum absolute atomic E-state index is 13.3. The van der Waals surface area contributed by atoms with Gasteiger partial charge in [0.05, 0.1) is 11.5 Å². The van der Waals surface area contributed by atoms with Gasteiger partial charge in [-0.2, -0.15) is 0 Å². The number of hydrogen-bond acceptors (Lipinski definition) is 2. The molecule has 0 atom stereocenters. The van der Waals surface area contributed by atoms with Gasteiger partial charge in [-0.1, -0.05) is 42.7 Å². The van der Waals surface area contributed by atoms with E-state index in [2.05, 4.69) is 36.5 Å². The molecule has 0 radical (unpaired) electrons. The SMILES string of the molecule is Cc1cccc(C2(C(=O)Nc3ccc(OC4CCCC4)cc3)CCCC2)c1. The second-order valence-electron chi connectivity index (χ2n) is 8.16. The molecule has 0 saturated heterocycles. The number of nitrogens with one attached hydrogen (secondary N) is 1. The smallest absolute Gasteiger partial charge is 0.235 e. The lowest BCUT2D eigenvalue weighted by Crippen LogP contribution is -2.38. The molecule has 27 heavy (non-hydrogen) atoms. The van der Waals surface area contributed by atoms with E-state index in [4.69, 9.17) is 4.74 Å². The highest BCUT2D eigenvalue weighted by Gasteiger charge is 2.42. The number of benzene rings is 2. The van der Waals surface area contributed by atoms with Crippen molar-refractivity contribution in [2.75, 3.05) is 5.32 Å². The van der Waals surface area contributed by atoms with Crippen LogP contribution < -0.4 is 10.1 Å². The fraction of sp³-hybridized carbons (Fsp3) is 0.458. The van der Waals surface area contributed by atoms with E-state index >= 15 is 0 Å². The van der Waals surface area contributed by atoms with Gasteiger partial charge in [0, 0.05) is 5.69 Å². The highest BCUT2D eigenvalue weighted by molar-refractivity contribution is 5.99. The fourth-order valence-corrected chi connectivity index (χ4v) is 4.63. The average Bonchev–Trinajstić information content (AvgIpc) is 3.36. The van der Waals surface area contributed by atoms with E-state index in [0.29, 0.717) is 6.10 Å². The van der Waals surface area contributed by atoms with Crippen molar-refractivity contribution in [1.82, 2.24) is 0 Å². The van der Waals surface area contributed by atoms with E-state index in [9.17, 15) is 4.79 Å². The Morgan fingerprint density at radius 1 is 1.00 bits per heavy atom. The van der Waals surface area contributed by atoms with Crippen LogP contribution >= 0.6 is 0 Å². The molecule has 0 aromatic heterocycles. The maximum atomic E-state index is 13.3. The van der Waals surface area contributed by atoms with Crippen molar-refractivity contribution in [2.45, 2.75) is 69.8 Å². The fourth-order valence-electron chi connectivity index (χ4n) is 4.63. The topological polar surface area (TPSA) is 38.3 Å². The van der Waals surface area contributed by atoms with Crippen molar-refractivity contribution in [3.8, 4) is 5.75 Å². The van der Waals surface area contributed by atoms with Crippen LogP contribution in [0.1, 0.15) is 62.5 Å². The summed E-state index contributed by atoms with van der Waals surface area (Å²) in [6.45, 7) is 2.09. The monoisotopic (exact) mass is 363 g/mol. The maximum Gasteiger partial charge on any atom is 0.235 e. The molecule has 2 aromatic carbocycles. The predicted octanol–water partition coefficient (Wildman–Crippen LogP) is 5.77. The number of ether oxygens (including phenoxy) is 1. The highest BCUT2D eigenvalue weighted by Crippen LogP contribution is 2.42. The first-order chi connectivity index (χ1) is 13.2. The molecule has 142 valence electrons. The zero-order valence-corrected chi connectivity index (χ0v) is 16.2. The zero-order chi connectivity index (χ0) is 18.7. The van der Waals surface area contributed by atoms with Crippen LogP contribution in [0.2, 0.25) is 0 Å². The summed E-state index contributed by atoms with van der Waals surface area (Å²) in [6.07, 6.45) is 9.24. The lowest BCUT2D eigenvalue weighted by atomic mass is 9.77. The van der Waals surface area contributed by atoms with E-state index in [1.165, 1.54) is 18.4 Å². The summed E-state index contributed by atoms with van der Waals surface area (Å²) in [4.78, 5) is 13.3. The van der Waals surface area contributed by atoms with Gasteiger partial charge in [0.1, 0.15) is 5.75 Å². The molecule has 0 aliphatic heterocycles. The molecule has 1 N–H and O–H groups in total. The molecule has 2 aromatic rings. The van der Waals surface area contributed by atoms with E-state index in [1.54, 1.807) is 0 Å². The van der Waals surface area contributed by atoms with Crippen LogP contribution in [0.4, 0.5) is 5.69 Å². The molecule has 3 heteroatoms. The highest BCUT2D eigenvalue weighted by atomic mass is 16.5. The van der Waals surface area contributed by atoms with Crippen LogP contribution in [0.5, 0.6) is 5.75 Å². The van der Waals surface area contributed by atoms with Crippen LogP contribution in [-0.2, 0) is 10.2 Å². The quantitative estimate of drug-likeness (QED) is 0.732. The number of carbonyl (C=O) groups is 1. The first-order valence-corrected chi connectivity index (χ1v) is 10.3. The molecule has 0 bridgehead atoms. The summed E-state index contributed by atoms with van der Waals surface area (Å²) in [5.41, 5.74) is 2.81. The summed E-state index contributed by atoms with van der Waals surface area (Å²) < 4.78 is 6.02. The van der Waals surface area contributed by atoms with E-state index in [-0.39, 0.29) is 5.91 Å². The predicted molar refractivity (Wildman–Crippen MR) is 109 cm³/mol. The summed E-state index contributed by atoms with van der Waals surface area (Å²) in [6, 6.07) is 16.3. The minimum atomic E-state index is -0.398. The average molecular weight is 364 g/mol. The van der Waals surface area contributed by atoms with Crippen LogP contribution in [0.15, 0.2) is 48.5 Å². The van der Waals surface area contributed by atoms with Crippen molar-refractivity contribution in [3.63, 3.8) is 0 Å². The largest absolute Gasteiger partial charge is 0.490 e. The van der Waals surface area contributed by atoms with Gasteiger partial charge in [0.25, 0.3) is 0 Å². The third-order valence-electron chi connectivity index (χ3n) is 6.18. The molecule has 0 heterocycles. The molecular weight excluding hydrogens is 334 g/mol. The summed E-state index contributed by atoms with van der Waals surface area (Å²) in [5.74, 6) is 1.02. The first kappa shape index (κ1) is 18.1. The Labute approximate surface area is 162 Å². The van der Waals surface area contributed by atoms with Gasteiger partial charge in [-0.3, -0.25) is 4.79 Å². The number of anilines is 1. The van der Waals surface area contributed by atoms with Gasteiger partial charge >= 0.3 is 0 Å². The van der Waals surface area contributed by atoms with Crippen LogP contribution in [-0.4, -0.2) is 12.0 Å². The number of aryl methyl sites for hydroxylation is 1.